The quantitative estimate of drug-likeness (QED) is 0.268. The zero-order valence-corrected chi connectivity index (χ0v) is 21.8. The summed E-state index contributed by atoms with van der Waals surface area (Å²) in [5, 5.41) is 13.8. The van der Waals surface area contributed by atoms with E-state index >= 15 is 0 Å². The Hall–Kier alpha value is -2.36. The molecule has 0 amide bonds. The van der Waals surface area contributed by atoms with Crippen molar-refractivity contribution in [3.63, 3.8) is 0 Å². The van der Waals surface area contributed by atoms with Gasteiger partial charge in [0, 0.05) is 46.9 Å². The Balaban J connectivity index is 0.000000320. The van der Waals surface area contributed by atoms with Gasteiger partial charge < -0.3 is 21.3 Å². The van der Waals surface area contributed by atoms with Crippen molar-refractivity contribution in [3.05, 3.63) is 48.5 Å². The molecule has 0 aliphatic carbocycles. The van der Waals surface area contributed by atoms with Crippen LogP contribution in [-0.2, 0) is 0 Å². The molecule has 2 aromatic rings. The van der Waals surface area contributed by atoms with Crippen LogP contribution in [0.1, 0.15) is 81.1 Å². The van der Waals surface area contributed by atoms with Crippen LogP contribution in [0.15, 0.2) is 48.5 Å². The van der Waals surface area contributed by atoms with Gasteiger partial charge in [-0.2, -0.15) is 0 Å². The zero-order valence-electron chi connectivity index (χ0n) is 21.8. The van der Waals surface area contributed by atoms with Crippen molar-refractivity contribution in [3.8, 4) is 0 Å². The van der Waals surface area contributed by atoms with Gasteiger partial charge >= 0.3 is 0 Å². The van der Waals surface area contributed by atoms with Gasteiger partial charge in [-0.05, 0) is 102 Å². The molecule has 4 N–H and O–H groups in total. The highest BCUT2D eigenvalue weighted by Crippen LogP contribution is 2.17. The Kier molecular flexibility index (Phi) is 13.4. The van der Waals surface area contributed by atoms with Crippen LogP contribution in [0.4, 0.5) is 22.7 Å². The van der Waals surface area contributed by atoms with Crippen LogP contribution in [0.5, 0.6) is 0 Å². The van der Waals surface area contributed by atoms with E-state index in [1.807, 2.05) is 0 Å². The molecular formula is C28H48N4. The number of nitrogens with one attached hydrogen (secondary N) is 4. The van der Waals surface area contributed by atoms with Crippen molar-refractivity contribution in [2.45, 2.75) is 105 Å². The topological polar surface area (TPSA) is 48.1 Å². The molecule has 4 heteroatoms. The molecule has 0 saturated heterocycles. The van der Waals surface area contributed by atoms with E-state index in [0.717, 1.165) is 25.7 Å². The second-order valence-electron chi connectivity index (χ2n) is 8.97. The summed E-state index contributed by atoms with van der Waals surface area (Å²) in [5.74, 6) is 0. The predicted molar refractivity (Wildman–Crippen MR) is 146 cm³/mol. The van der Waals surface area contributed by atoms with Gasteiger partial charge in [0.2, 0.25) is 0 Å². The van der Waals surface area contributed by atoms with Crippen molar-refractivity contribution in [1.29, 1.82) is 0 Å². The predicted octanol–water partition coefficient (Wildman–Crippen LogP) is 8.21. The third-order valence-electron chi connectivity index (χ3n) is 5.87. The largest absolute Gasteiger partial charge is 0.383 e. The van der Waals surface area contributed by atoms with Crippen molar-refractivity contribution < 1.29 is 0 Å². The summed E-state index contributed by atoms with van der Waals surface area (Å²) in [4.78, 5) is 0. The summed E-state index contributed by atoms with van der Waals surface area (Å²) in [5.41, 5.74) is 4.79. The number of hydrogen-bond donors (Lipinski definition) is 4. The Labute approximate surface area is 198 Å². The standard InChI is InChI=1S/2C14H24N2/c2*1-5-11(3)15-13-7-9-14(10-8-13)16-12(4)6-2/h2*7-12,15-16H,5-6H2,1-4H3. The van der Waals surface area contributed by atoms with E-state index in [4.69, 9.17) is 0 Å². The summed E-state index contributed by atoms with van der Waals surface area (Å²) in [6.07, 6.45) is 4.58. The molecule has 0 spiro atoms. The van der Waals surface area contributed by atoms with Crippen LogP contribution >= 0.6 is 0 Å². The van der Waals surface area contributed by atoms with E-state index in [2.05, 4.69) is 125 Å². The number of rotatable bonds is 12. The van der Waals surface area contributed by atoms with Crippen LogP contribution < -0.4 is 21.3 Å². The van der Waals surface area contributed by atoms with Crippen LogP contribution in [0.25, 0.3) is 0 Å². The fourth-order valence-electron chi connectivity index (χ4n) is 2.87. The summed E-state index contributed by atoms with van der Waals surface area (Å²) in [6, 6.07) is 19.2. The first kappa shape index (κ1) is 27.7. The Morgan fingerprint density at radius 3 is 0.688 bits per heavy atom. The summed E-state index contributed by atoms with van der Waals surface area (Å²) < 4.78 is 0. The minimum absolute atomic E-state index is 0.536. The summed E-state index contributed by atoms with van der Waals surface area (Å²) >= 11 is 0. The smallest absolute Gasteiger partial charge is 0.0343 e. The van der Waals surface area contributed by atoms with Crippen molar-refractivity contribution >= 4 is 22.7 Å². The average Bonchev–Trinajstić information content (AvgIpc) is 2.81. The molecule has 4 atom stereocenters. The lowest BCUT2D eigenvalue weighted by Gasteiger charge is -2.15. The molecule has 0 bridgehead atoms. The van der Waals surface area contributed by atoms with E-state index in [1.165, 1.54) is 22.7 Å². The molecule has 0 heterocycles. The number of benzene rings is 2. The zero-order chi connectivity index (χ0) is 23.9. The van der Waals surface area contributed by atoms with Crippen molar-refractivity contribution in [1.82, 2.24) is 0 Å². The monoisotopic (exact) mass is 440 g/mol. The normalized spacial score (nSPS) is 14.2. The lowest BCUT2D eigenvalue weighted by molar-refractivity contribution is 0.761. The molecule has 0 fully saturated rings. The van der Waals surface area contributed by atoms with Gasteiger partial charge in [0.05, 0.1) is 0 Å². The first-order valence-corrected chi connectivity index (χ1v) is 12.6. The molecule has 32 heavy (non-hydrogen) atoms. The second kappa shape index (κ2) is 15.4. The maximum Gasteiger partial charge on any atom is 0.0343 e. The highest BCUT2D eigenvalue weighted by atomic mass is 14.9. The van der Waals surface area contributed by atoms with Gasteiger partial charge in [-0.1, -0.05) is 27.7 Å². The number of anilines is 4. The van der Waals surface area contributed by atoms with E-state index in [9.17, 15) is 0 Å². The average molecular weight is 441 g/mol. The molecule has 4 nitrogen and oxygen atoms in total. The van der Waals surface area contributed by atoms with E-state index < -0.39 is 0 Å². The van der Waals surface area contributed by atoms with E-state index in [1.54, 1.807) is 0 Å². The lowest BCUT2D eigenvalue weighted by Crippen LogP contribution is -2.14. The second-order valence-corrected chi connectivity index (χ2v) is 8.97. The summed E-state index contributed by atoms with van der Waals surface area (Å²) in [7, 11) is 0. The Bertz CT molecular complexity index is 586. The van der Waals surface area contributed by atoms with Gasteiger partial charge in [0.15, 0.2) is 0 Å². The van der Waals surface area contributed by atoms with Crippen LogP contribution in [0, 0.1) is 0 Å². The van der Waals surface area contributed by atoms with Crippen molar-refractivity contribution in [2.24, 2.45) is 0 Å². The molecule has 180 valence electrons. The van der Waals surface area contributed by atoms with E-state index in [-0.39, 0.29) is 0 Å². The van der Waals surface area contributed by atoms with Gasteiger partial charge in [-0.3, -0.25) is 0 Å². The first-order valence-electron chi connectivity index (χ1n) is 12.6. The van der Waals surface area contributed by atoms with Crippen LogP contribution in [0.2, 0.25) is 0 Å². The highest BCUT2D eigenvalue weighted by Gasteiger charge is 2.02. The fraction of sp³-hybridized carbons (Fsp3) is 0.571. The SMILES string of the molecule is CCC(C)Nc1ccc(NC(C)CC)cc1.CCC(C)Nc1ccc(NC(C)CC)cc1. The molecule has 2 rings (SSSR count). The first-order chi connectivity index (χ1) is 15.3. The molecule has 2 aromatic carbocycles. The fourth-order valence-corrected chi connectivity index (χ4v) is 2.87. The molecule has 0 saturated carbocycles. The lowest BCUT2D eigenvalue weighted by atomic mass is 10.2. The van der Waals surface area contributed by atoms with Gasteiger partial charge in [-0.15, -0.1) is 0 Å². The molecule has 4 unspecified atom stereocenters. The Morgan fingerprint density at radius 2 is 0.562 bits per heavy atom. The molecular weight excluding hydrogens is 392 g/mol. The Morgan fingerprint density at radius 1 is 0.406 bits per heavy atom. The van der Waals surface area contributed by atoms with Crippen molar-refractivity contribution in [2.75, 3.05) is 21.3 Å². The van der Waals surface area contributed by atoms with Crippen LogP contribution in [-0.4, -0.2) is 24.2 Å². The minimum Gasteiger partial charge on any atom is -0.383 e. The van der Waals surface area contributed by atoms with Gasteiger partial charge in [-0.25, -0.2) is 0 Å². The molecule has 0 aliphatic rings. The third-order valence-corrected chi connectivity index (χ3v) is 5.87. The van der Waals surface area contributed by atoms with Crippen LogP contribution in [0.3, 0.4) is 0 Å². The third kappa shape index (κ3) is 11.3. The molecule has 0 aliphatic heterocycles. The molecule has 0 radical (unpaired) electrons. The summed E-state index contributed by atoms with van der Waals surface area (Å²) in [6.45, 7) is 17.6. The van der Waals surface area contributed by atoms with Gasteiger partial charge in [0.1, 0.15) is 0 Å². The van der Waals surface area contributed by atoms with E-state index in [0.29, 0.717) is 24.2 Å². The van der Waals surface area contributed by atoms with Gasteiger partial charge in [0.25, 0.3) is 0 Å². The number of hydrogen-bond acceptors (Lipinski definition) is 4. The maximum atomic E-state index is 3.46. The maximum absolute atomic E-state index is 3.46. The minimum atomic E-state index is 0.536. The highest BCUT2D eigenvalue weighted by molar-refractivity contribution is 5.55. The molecule has 0 aromatic heterocycles.